The van der Waals surface area contributed by atoms with Gasteiger partial charge in [-0.25, -0.2) is 9.67 Å². The molecule has 1 N–H and O–H groups in total. The lowest BCUT2D eigenvalue weighted by atomic mass is 10.3. The minimum Gasteiger partial charge on any atom is -0.394 e. The number of aromatic nitrogens is 3. The maximum atomic E-state index is 11.5. The molecule has 0 aromatic carbocycles. The highest BCUT2D eigenvalue weighted by molar-refractivity contribution is 5.75. The van der Waals surface area contributed by atoms with E-state index in [0.717, 1.165) is 0 Å². The summed E-state index contributed by atoms with van der Waals surface area (Å²) in [6.45, 7) is 1.89. The molecule has 0 spiro atoms. The third-order valence-corrected chi connectivity index (χ3v) is 2.08. The monoisotopic (exact) mass is 198 g/mol. The van der Waals surface area contributed by atoms with Crippen molar-refractivity contribution in [2.45, 2.75) is 19.5 Å². The topological polar surface area (TPSA) is 71.2 Å². The van der Waals surface area contributed by atoms with Gasteiger partial charge in [0, 0.05) is 7.05 Å². The number of aliphatic hydroxyl groups excluding tert-OH is 1. The molecule has 1 amide bonds. The van der Waals surface area contributed by atoms with Crippen molar-refractivity contribution in [3.63, 3.8) is 0 Å². The minimum atomic E-state index is -0.175. The van der Waals surface area contributed by atoms with Crippen molar-refractivity contribution in [3.05, 3.63) is 12.7 Å². The van der Waals surface area contributed by atoms with Gasteiger partial charge in [-0.2, -0.15) is 5.10 Å². The molecule has 1 aromatic rings. The Kier molecular flexibility index (Phi) is 3.58. The zero-order chi connectivity index (χ0) is 10.6. The van der Waals surface area contributed by atoms with Crippen LogP contribution in [0.4, 0.5) is 0 Å². The molecule has 14 heavy (non-hydrogen) atoms. The predicted octanol–water partition coefficient (Wildman–Crippen LogP) is -0.883. The SMILES string of the molecule is CC(CO)N(C)C(=O)Cn1cncn1. The molecule has 0 fully saturated rings. The van der Waals surface area contributed by atoms with Crippen LogP contribution in [-0.2, 0) is 11.3 Å². The third kappa shape index (κ3) is 2.53. The summed E-state index contributed by atoms with van der Waals surface area (Å²) >= 11 is 0. The molecule has 0 saturated carbocycles. The first-order valence-corrected chi connectivity index (χ1v) is 4.34. The maximum Gasteiger partial charge on any atom is 0.244 e. The van der Waals surface area contributed by atoms with E-state index in [9.17, 15) is 4.79 Å². The van der Waals surface area contributed by atoms with E-state index in [0.29, 0.717) is 0 Å². The molecule has 0 bridgehead atoms. The van der Waals surface area contributed by atoms with Crippen molar-refractivity contribution in [2.75, 3.05) is 13.7 Å². The van der Waals surface area contributed by atoms with Crippen LogP contribution in [0.5, 0.6) is 0 Å². The Morgan fingerprint density at radius 2 is 2.43 bits per heavy atom. The second-order valence-corrected chi connectivity index (χ2v) is 3.13. The summed E-state index contributed by atoms with van der Waals surface area (Å²) in [5.74, 6) is -0.1000. The van der Waals surface area contributed by atoms with E-state index in [-0.39, 0.29) is 25.1 Å². The van der Waals surface area contributed by atoms with Gasteiger partial charge < -0.3 is 10.0 Å². The van der Waals surface area contributed by atoms with E-state index in [2.05, 4.69) is 10.1 Å². The second-order valence-electron chi connectivity index (χ2n) is 3.13. The number of nitrogens with zero attached hydrogens (tertiary/aromatic N) is 4. The largest absolute Gasteiger partial charge is 0.394 e. The lowest BCUT2D eigenvalue weighted by molar-refractivity contribution is -0.133. The van der Waals surface area contributed by atoms with Crippen molar-refractivity contribution in [1.82, 2.24) is 19.7 Å². The third-order valence-electron chi connectivity index (χ3n) is 2.08. The van der Waals surface area contributed by atoms with Gasteiger partial charge in [0.15, 0.2) is 0 Å². The predicted molar refractivity (Wildman–Crippen MR) is 49.3 cm³/mol. The molecule has 0 aliphatic heterocycles. The molecule has 0 saturated heterocycles. The fraction of sp³-hybridized carbons (Fsp3) is 0.625. The van der Waals surface area contributed by atoms with Gasteiger partial charge >= 0.3 is 0 Å². The fourth-order valence-corrected chi connectivity index (χ4v) is 0.933. The van der Waals surface area contributed by atoms with E-state index in [1.165, 1.54) is 22.2 Å². The number of likely N-dealkylation sites (N-methyl/N-ethyl adjacent to an activating group) is 1. The van der Waals surface area contributed by atoms with Gasteiger partial charge in [-0.1, -0.05) is 0 Å². The lowest BCUT2D eigenvalue weighted by Gasteiger charge is -2.22. The number of aliphatic hydroxyl groups is 1. The molecule has 1 aromatic heterocycles. The lowest BCUT2D eigenvalue weighted by Crippen LogP contribution is -2.39. The average Bonchev–Trinajstić information content (AvgIpc) is 2.68. The van der Waals surface area contributed by atoms with Gasteiger partial charge in [0.2, 0.25) is 5.91 Å². The zero-order valence-electron chi connectivity index (χ0n) is 8.29. The number of hydrogen-bond acceptors (Lipinski definition) is 4. The highest BCUT2D eigenvalue weighted by atomic mass is 16.3. The van der Waals surface area contributed by atoms with Crippen LogP contribution in [0.15, 0.2) is 12.7 Å². The van der Waals surface area contributed by atoms with Crippen LogP contribution in [0.3, 0.4) is 0 Å². The molecule has 1 rings (SSSR count). The van der Waals surface area contributed by atoms with Crippen LogP contribution in [0, 0.1) is 0 Å². The van der Waals surface area contributed by atoms with Crippen molar-refractivity contribution < 1.29 is 9.90 Å². The van der Waals surface area contributed by atoms with Gasteiger partial charge in [-0.05, 0) is 6.92 Å². The zero-order valence-corrected chi connectivity index (χ0v) is 8.29. The first kappa shape index (κ1) is 10.6. The van der Waals surface area contributed by atoms with Gasteiger partial charge in [0.25, 0.3) is 0 Å². The Balaban J connectivity index is 2.50. The highest BCUT2D eigenvalue weighted by Gasteiger charge is 2.14. The van der Waals surface area contributed by atoms with E-state index in [4.69, 9.17) is 5.11 Å². The van der Waals surface area contributed by atoms with Crippen molar-refractivity contribution in [1.29, 1.82) is 0 Å². The Bertz CT molecular complexity index is 286. The Morgan fingerprint density at radius 3 is 2.93 bits per heavy atom. The van der Waals surface area contributed by atoms with E-state index in [1.54, 1.807) is 14.0 Å². The first-order chi connectivity index (χ1) is 6.65. The number of carbonyl (C=O) groups excluding carboxylic acids is 1. The minimum absolute atomic E-state index is 0.0421. The molecule has 0 radical (unpaired) electrons. The van der Waals surface area contributed by atoms with Gasteiger partial charge in [0.05, 0.1) is 12.6 Å². The second kappa shape index (κ2) is 4.71. The smallest absolute Gasteiger partial charge is 0.244 e. The summed E-state index contributed by atoms with van der Waals surface area (Å²) in [4.78, 5) is 16.8. The van der Waals surface area contributed by atoms with Gasteiger partial charge in [-0.15, -0.1) is 0 Å². The summed E-state index contributed by atoms with van der Waals surface area (Å²) < 4.78 is 1.45. The Labute approximate surface area is 82.2 Å². The molecular formula is C8H14N4O2. The van der Waals surface area contributed by atoms with Crippen LogP contribution < -0.4 is 0 Å². The number of rotatable bonds is 4. The summed E-state index contributed by atoms with van der Waals surface area (Å²) in [6.07, 6.45) is 2.86. The fourth-order valence-electron chi connectivity index (χ4n) is 0.933. The number of amides is 1. The maximum absolute atomic E-state index is 11.5. The number of hydrogen-bond donors (Lipinski definition) is 1. The summed E-state index contributed by atoms with van der Waals surface area (Å²) in [5, 5.41) is 12.7. The summed E-state index contributed by atoms with van der Waals surface area (Å²) in [7, 11) is 1.65. The molecule has 6 heteroatoms. The van der Waals surface area contributed by atoms with Crippen molar-refractivity contribution in [2.24, 2.45) is 0 Å². The van der Waals surface area contributed by atoms with Gasteiger partial charge in [0.1, 0.15) is 19.2 Å². The Hall–Kier alpha value is -1.43. The first-order valence-electron chi connectivity index (χ1n) is 4.34. The van der Waals surface area contributed by atoms with Gasteiger partial charge in [-0.3, -0.25) is 4.79 Å². The van der Waals surface area contributed by atoms with Crippen LogP contribution in [0.25, 0.3) is 0 Å². The van der Waals surface area contributed by atoms with Crippen molar-refractivity contribution in [3.8, 4) is 0 Å². The average molecular weight is 198 g/mol. The van der Waals surface area contributed by atoms with E-state index >= 15 is 0 Å². The molecule has 0 aliphatic carbocycles. The van der Waals surface area contributed by atoms with Crippen molar-refractivity contribution >= 4 is 5.91 Å². The molecule has 78 valence electrons. The van der Waals surface area contributed by atoms with E-state index in [1.807, 2.05) is 0 Å². The molecular weight excluding hydrogens is 184 g/mol. The van der Waals surface area contributed by atoms with Crippen LogP contribution in [0.2, 0.25) is 0 Å². The van der Waals surface area contributed by atoms with Crippen LogP contribution in [0.1, 0.15) is 6.92 Å². The molecule has 0 aliphatic rings. The number of carbonyl (C=O) groups is 1. The van der Waals surface area contributed by atoms with Crippen LogP contribution in [-0.4, -0.2) is 50.4 Å². The highest BCUT2D eigenvalue weighted by Crippen LogP contribution is 1.96. The molecule has 1 unspecified atom stereocenters. The Morgan fingerprint density at radius 1 is 1.71 bits per heavy atom. The molecule has 1 heterocycles. The summed E-state index contributed by atoms with van der Waals surface area (Å²) in [6, 6.07) is -0.175. The standard InChI is InChI=1S/C8H14N4O2/c1-7(4-13)11(2)8(14)3-12-6-9-5-10-12/h5-7,13H,3-4H2,1-2H3. The van der Waals surface area contributed by atoms with E-state index < -0.39 is 0 Å². The normalized spacial score (nSPS) is 12.5. The quantitative estimate of drug-likeness (QED) is 0.681. The molecule has 6 nitrogen and oxygen atoms in total. The molecule has 1 atom stereocenters. The van der Waals surface area contributed by atoms with Crippen LogP contribution >= 0.6 is 0 Å². The summed E-state index contributed by atoms with van der Waals surface area (Å²) in [5.41, 5.74) is 0.